The van der Waals surface area contributed by atoms with Crippen molar-refractivity contribution in [3.05, 3.63) is 40.5 Å². The smallest absolute Gasteiger partial charge is 0.279 e. The molecule has 21 heavy (non-hydrogen) atoms. The first-order valence-electron chi connectivity index (χ1n) is 6.46. The number of nitrogens with zero attached hydrogens (tertiary/aromatic N) is 1. The third-order valence-corrected chi connectivity index (χ3v) is 4.57. The predicted octanol–water partition coefficient (Wildman–Crippen LogP) is 2.28. The minimum Gasteiger partial charge on any atom is -0.313 e. The van der Waals surface area contributed by atoms with Crippen LogP contribution in [0, 0.1) is 6.92 Å². The van der Waals surface area contributed by atoms with Crippen LogP contribution in [-0.4, -0.2) is 25.2 Å². The fourth-order valence-corrected chi connectivity index (χ4v) is 3.24. The molecular weight excluding hydrogens is 312 g/mol. The molecule has 2 aromatic rings. The topological polar surface area (TPSA) is 86.9 Å². The van der Waals surface area contributed by atoms with Gasteiger partial charge in [-0.2, -0.15) is 13.5 Å². The highest BCUT2D eigenvalue weighted by atomic mass is 35.5. The number of aromatic nitrogens is 2. The first kappa shape index (κ1) is 15.8. The lowest BCUT2D eigenvalue weighted by atomic mass is 10.2. The standard InChI is InChI=1S/C13H17ClN4O2S/c1-3-15-7-10-8-16-17-13(10)21(19,20)18-12-6-11(14)5-4-9(12)2/h4-6,8,15,18H,3,7H2,1-2H3,(H,16,17). The molecular formula is C13H17ClN4O2S. The predicted molar refractivity (Wildman–Crippen MR) is 83.0 cm³/mol. The molecule has 0 bridgehead atoms. The molecule has 0 spiro atoms. The third-order valence-electron chi connectivity index (χ3n) is 2.96. The van der Waals surface area contributed by atoms with Crippen molar-refractivity contribution in [1.82, 2.24) is 15.5 Å². The molecule has 3 N–H and O–H groups in total. The number of sulfonamides is 1. The number of H-pyrrole nitrogens is 1. The van der Waals surface area contributed by atoms with Crippen molar-refractivity contribution in [3.63, 3.8) is 0 Å². The Morgan fingerprint density at radius 2 is 2.14 bits per heavy atom. The van der Waals surface area contributed by atoms with E-state index in [9.17, 15) is 8.42 Å². The van der Waals surface area contributed by atoms with Gasteiger partial charge < -0.3 is 5.32 Å². The molecule has 0 saturated heterocycles. The van der Waals surface area contributed by atoms with Crippen LogP contribution in [0.25, 0.3) is 0 Å². The van der Waals surface area contributed by atoms with Gasteiger partial charge in [0, 0.05) is 17.1 Å². The second kappa shape index (κ2) is 6.46. The minimum atomic E-state index is -3.74. The average molecular weight is 329 g/mol. The molecule has 0 amide bonds. The van der Waals surface area contributed by atoms with Crippen molar-refractivity contribution in [3.8, 4) is 0 Å². The lowest BCUT2D eigenvalue weighted by Crippen LogP contribution is -2.19. The molecule has 0 aliphatic rings. The summed E-state index contributed by atoms with van der Waals surface area (Å²) >= 11 is 5.91. The summed E-state index contributed by atoms with van der Waals surface area (Å²) in [6.45, 7) is 4.92. The summed E-state index contributed by atoms with van der Waals surface area (Å²) in [5.41, 5.74) is 1.83. The zero-order valence-electron chi connectivity index (χ0n) is 11.8. The van der Waals surface area contributed by atoms with E-state index in [1.165, 1.54) is 6.20 Å². The van der Waals surface area contributed by atoms with Gasteiger partial charge in [-0.3, -0.25) is 9.82 Å². The van der Waals surface area contributed by atoms with Crippen molar-refractivity contribution in [2.24, 2.45) is 0 Å². The van der Waals surface area contributed by atoms with E-state index in [0.29, 0.717) is 22.8 Å². The van der Waals surface area contributed by atoms with Crippen molar-refractivity contribution in [1.29, 1.82) is 0 Å². The lowest BCUT2D eigenvalue weighted by molar-refractivity contribution is 0.594. The molecule has 8 heteroatoms. The fraction of sp³-hybridized carbons (Fsp3) is 0.308. The van der Waals surface area contributed by atoms with E-state index in [1.807, 2.05) is 6.92 Å². The molecule has 2 rings (SSSR count). The maximum absolute atomic E-state index is 12.5. The summed E-state index contributed by atoms with van der Waals surface area (Å²) in [6, 6.07) is 5.04. The Labute approximate surface area is 129 Å². The van der Waals surface area contributed by atoms with Gasteiger partial charge in [-0.15, -0.1) is 0 Å². The number of halogens is 1. The minimum absolute atomic E-state index is 0.0582. The largest absolute Gasteiger partial charge is 0.313 e. The van der Waals surface area contributed by atoms with Crippen molar-refractivity contribution >= 4 is 27.3 Å². The van der Waals surface area contributed by atoms with Crippen LogP contribution < -0.4 is 10.0 Å². The Bertz CT molecular complexity index is 728. The summed E-state index contributed by atoms with van der Waals surface area (Å²) in [4.78, 5) is 0. The van der Waals surface area contributed by atoms with Crippen LogP contribution >= 0.6 is 11.6 Å². The molecule has 0 aliphatic heterocycles. The second-order valence-corrected chi connectivity index (χ2v) is 6.63. The molecule has 0 atom stereocenters. The van der Waals surface area contributed by atoms with Crippen LogP contribution in [0.4, 0.5) is 5.69 Å². The van der Waals surface area contributed by atoms with Gasteiger partial charge in [0.15, 0.2) is 5.03 Å². The molecule has 0 fully saturated rings. The number of aryl methyl sites for hydroxylation is 1. The fourth-order valence-electron chi connectivity index (χ4n) is 1.82. The normalized spacial score (nSPS) is 11.6. The molecule has 1 heterocycles. The highest BCUT2D eigenvalue weighted by Crippen LogP contribution is 2.23. The first-order chi connectivity index (χ1) is 9.94. The molecule has 0 saturated carbocycles. The van der Waals surface area contributed by atoms with E-state index in [-0.39, 0.29) is 5.03 Å². The Hall–Kier alpha value is -1.57. The number of hydrogen-bond acceptors (Lipinski definition) is 4. The van der Waals surface area contributed by atoms with Gasteiger partial charge in [0.2, 0.25) is 0 Å². The number of aromatic amines is 1. The van der Waals surface area contributed by atoms with Crippen molar-refractivity contribution < 1.29 is 8.42 Å². The number of hydrogen-bond donors (Lipinski definition) is 3. The van der Waals surface area contributed by atoms with E-state index < -0.39 is 10.0 Å². The Balaban J connectivity index is 2.30. The van der Waals surface area contributed by atoms with Gasteiger partial charge in [-0.25, -0.2) is 0 Å². The zero-order chi connectivity index (χ0) is 15.5. The summed E-state index contributed by atoms with van der Waals surface area (Å²) in [5, 5.41) is 9.95. The Morgan fingerprint density at radius 3 is 2.86 bits per heavy atom. The van der Waals surface area contributed by atoms with Gasteiger partial charge in [-0.05, 0) is 31.2 Å². The molecule has 0 unspecified atom stereocenters. The highest BCUT2D eigenvalue weighted by molar-refractivity contribution is 7.92. The van der Waals surface area contributed by atoms with Crippen LogP contribution in [0.3, 0.4) is 0 Å². The van der Waals surface area contributed by atoms with E-state index >= 15 is 0 Å². The van der Waals surface area contributed by atoms with Crippen molar-refractivity contribution in [2.45, 2.75) is 25.4 Å². The number of nitrogens with one attached hydrogen (secondary N) is 3. The second-order valence-electron chi connectivity index (χ2n) is 4.57. The quantitative estimate of drug-likeness (QED) is 0.759. The maximum Gasteiger partial charge on any atom is 0.279 e. The molecule has 1 aromatic heterocycles. The van der Waals surface area contributed by atoms with Gasteiger partial charge >= 0.3 is 0 Å². The van der Waals surface area contributed by atoms with Crippen molar-refractivity contribution in [2.75, 3.05) is 11.3 Å². The molecule has 6 nitrogen and oxygen atoms in total. The number of benzene rings is 1. The van der Waals surface area contributed by atoms with Crippen LogP contribution in [0.5, 0.6) is 0 Å². The average Bonchev–Trinajstić information content (AvgIpc) is 2.89. The highest BCUT2D eigenvalue weighted by Gasteiger charge is 2.21. The summed E-state index contributed by atoms with van der Waals surface area (Å²) in [6.07, 6.45) is 1.50. The summed E-state index contributed by atoms with van der Waals surface area (Å²) in [7, 11) is -3.74. The lowest BCUT2D eigenvalue weighted by Gasteiger charge is -2.11. The van der Waals surface area contributed by atoms with Gasteiger partial charge in [0.1, 0.15) is 0 Å². The van der Waals surface area contributed by atoms with Gasteiger partial charge in [-0.1, -0.05) is 24.6 Å². The Kier molecular flexibility index (Phi) is 4.87. The van der Waals surface area contributed by atoms with Crippen LogP contribution in [0.1, 0.15) is 18.1 Å². The molecule has 1 aromatic carbocycles. The Morgan fingerprint density at radius 1 is 1.38 bits per heavy atom. The first-order valence-corrected chi connectivity index (χ1v) is 8.32. The SMILES string of the molecule is CCNCc1cn[nH]c1S(=O)(=O)Nc1cc(Cl)ccc1C. The van der Waals surface area contributed by atoms with E-state index in [2.05, 4.69) is 20.2 Å². The monoisotopic (exact) mass is 328 g/mol. The molecule has 0 aliphatic carbocycles. The van der Waals surface area contributed by atoms with E-state index in [4.69, 9.17) is 11.6 Å². The number of anilines is 1. The maximum atomic E-state index is 12.5. The summed E-state index contributed by atoms with van der Waals surface area (Å²) in [5.74, 6) is 0. The van der Waals surface area contributed by atoms with Crippen LogP contribution in [-0.2, 0) is 16.6 Å². The number of rotatable bonds is 6. The third kappa shape index (κ3) is 3.75. The molecule has 0 radical (unpaired) electrons. The van der Waals surface area contributed by atoms with E-state index in [1.54, 1.807) is 25.1 Å². The van der Waals surface area contributed by atoms with E-state index in [0.717, 1.165) is 12.1 Å². The molecule has 114 valence electrons. The van der Waals surface area contributed by atoms with Gasteiger partial charge in [0.05, 0.1) is 11.9 Å². The van der Waals surface area contributed by atoms with Gasteiger partial charge in [0.25, 0.3) is 10.0 Å². The zero-order valence-corrected chi connectivity index (χ0v) is 13.3. The van der Waals surface area contributed by atoms with Crippen LogP contribution in [0.2, 0.25) is 5.02 Å². The van der Waals surface area contributed by atoms with Crippen LogP contribution in [0.15, 0.2) is 29.4 Å². The summed E-state index contributed by atoms with van der Waals surface area (Å²) < 4.78 is 27.4.